The maximum Gasteiger partial charge on any atom is 0.313 e. The zero-order chi connectivity index (χ0) is 19.8. The Morgan fingerprint density at radius 1 is 1.17 bits per heavy atom. The molecule has 7 rings (SSSR count). The summed E-state index contributed by atoms with van der Waals surface area (Å²) in [5.74, 6) is 3.64. The van der Waals surface area contributed by atoms with Gasteiger partial charge in [0.15, 0.2) is 0 Å². The number of hydrogen-bond acceptors (Lipinski definition) is 5. The second-order valence-corrected chi connectivity index (χ2v) is 12.3. The Morgan fingerprint density at radius 3 is 2.52 bits per heavy atom. The predicted molar refractivity (Wildman–Crippen MR) is 117 cm³/mol. The average Bonchev–Trinajstić information content (AvgIpc) is 3.02. The Bertz CT molecular complexity index is 963. The first kappa shape index (κ1) is 18.6. The summed E-state index contributed by atoms with van der Waals surface area (Å²) in [4.78, 5) is 24.3. The molecule has 1 atom stereocenters. The third-order valence-corrected chi connectivity index (χ3v) is 10.1. The highest BCUT2D eigenvalue weighted by molar-refractivity contribution is 8.00. The lowest BCUT2D eigenvalue weighted by Crippen LogP contribution is -2.49. The van der Waals surface area contributed by atoms with Crippen molar-refractivity contribution < 1.29 is 9.90 Å². The molecule has 2 aromatic heterocycles. The first-order valence-electron chi connectivity index (χ1n) is 11.2. The molecule has 2 heterocycles. The van der Waals surface area contributed by atoms with Crippen LogP contribution in [0.15, 0.2) is 5.03 Å². The van der Waals surface area contributed by atoms with Crippen LogP contribution < -0.4 is 0 Å². The van der Waals surface area contributed by atoms with Gasteiger partial charge in [0.2, 0.25) is 0 Å². The molecule has 4 nitrogen and oxygen atoms in total. The molecule has 0 aliphatic heterocycles. The number of carbonyl (C=O) groups is 1. The van der Waals surface area contributed by atoms with Crippen LogP contribution in [0, 0.1) is 23.7 Å². The highest BCUT2D eigenvalue weighted by Gasteiger charge is 2.53. The van der Waals surface area contributed by atoms with Crippen LogP contribution in [0.3, 0.4) is 0 Å². The van der Waals surface area contributed by atoms with Crippen LogP contribution in [0.2, 0.25) is 0 Å². The van der Waals surface area contributed by atoms with Crippen molar-refractivity contribution in [3.8, 4) is 0 Å². The Labute approximate surface area is 179 Å². The summed E-state index contributed by atoms with van der Waals surface area (Å²) in [6.45, 7) is 2.33. The molecule has 6 heteroatoms. The first-order valence-corrected chi connectivity index (χ1v) is 13.0. The second-order valence-electron chi connectivity index (χ2n) is 10.3. The second kappa shape index (κ2) is 6.68. The number of aromatic nitrogens is 2. The fourth-order valence-corrected chi connectivity index (χ4v) is 9.39. The fourth-order valence-electron chi connectivity index (χ4n) is 7.17. The van der Waals surface area contributed by atoms with E-state index in [1.807, 2.05) is 11.3 Å². The molecule has 4 fully saturated rings. The smallest absolute Gasteiger partial charge is 0.313 e. The molecule has 0 saturated heterocycles. The third kappa shape index (κ3) is 3.04. The minimum Gasteiger partial charge on any atom is -0.481 e. The van der Waals surface area contributed by atoms with Gasteiger partial charge in [0.05, 0.1) is 5.75 Å². The number of thiophene rings is 1. The maximum absolute atomic E-state index is 11.3. The summed E-state index contributed by atoms with van der Waals surface area (Å²) in [6.07, 6.45) is 11.4. The predicted octanol–water partition coefficient (Wildman–Crippen LogP) is 5.46. The van der Waals surface area contributed by atoms with Gasteiger partial charge >= 0.3 is 5.97 Å². The third-order valence-electron chi connectivity index (χ3n) is 7.97. The highest BCUT2D eigenvalue weighted by Crippen LogP contribution is 2.60. The van der Waals surface area contributed by atoms with E-state index in [1.165, 1.54) is 72.5 Å². The minimum absolute atomic E-state index is 0.0768. The summed E-state index contributed by atoms with van der Waals surface area (Å²) in [6, 6.07) is 0. The van der Waals surface area contributed by atoms with Gasteiger partial charge in [-0.1, -0.05) is 18.7 Å². The van der Waals surface area contributed by atoms with Gasteiger partial charge < -0.3 is 5.11 Å². The number of nitrogens with zero attached hydrogens (tertiary/aromatic N) is 2. The molecule has 154 valence electrons. The van der Waals surface area contributed by atoms with Crippen molar-refractivity contribution in [3.05, 3.63) is 16.3 Å². The van der Waals surface area contributed by atoms with Gasteiger partial charge in [0.1, 0.15) is 15.7 Å². The van der Waals surface area contributed by atoms with E-state index in [0.29, 0.717) is 0 Å². The van der Waals surface area contributed by atoms with Gasteiger partial charge in [-0.05, 0) is 87.0 Å². The van der Waals surface area contributed by atoms with Crippen LogP contribution in [-0.2, 0) is 23.1 Å². The van der Waals surface area contributed by atoms with Crippen LogP contribution in [0.5, 0.6) is 0 Å². The molecule has 5 aliphatic rings. The molecule has 4 saturated carbocycles. The average molecular weight is 429 g/mol. The minimum atomic E-state index is -0.768. The van der Waals surface area contributed by atoms with Crippen LogP contribution in [0.25, 0.3) is 10.2 Å². The molecular formula is C23H28N2O2S2. The number of carboxylic acids is 1. The summed E-state index contributed by atoms with van der Waals surface area (Å²) in [7, 11) is 0. The normalized spacial score (nSPS) is 35.2. The SMILES string of the molecule is CC1CCc2c(sc3nc(C45CC6CC(CC(C6)C4)C5)nc(SCC(=O)O)c23)C1. The number of fused-ring (bicyclic) bond motifs is 3. The Hall–Kier alpha value is -1.14. The molecule has 5 aliphatic carbocycles. The van der Waals surface area contributed by atoms with Crippen molar-refractivity contribution in [2.45, 2.75) is 75.2 Å². The van der Waals surface area contributed by atoms with Crippen LogP contribution in [-0.4, -0.2) is 26.8 Å². The standard InChI is InChI=1S/C23H28N2O2S2/c1-12-2-3-16-17(4-12)29-21-19(16)20(28-11-18(26)27)24-22(25-21)23-8-13-5-14(9-23)7-15(6-13)10-23/h12-15H,2-11H2,1H3,(H,26,27). The van der Waals surface area contributed by atoms with E-state index in [9.17, 15) is 9.90 Å². The van der Waals surface area contributed by atoms with E-state index >= 15 is 0 Å². The first-order chi connectivity index (χ1) is 14.0. The molecule has 0 radical (unpaired) electrons. The summed E-state index contributed by atoms with van der Waals surface area (Å²) < 4.78 is 0. The zero-order valence-electron chi connectivity index (χ0n) is 16.9. The van der Waals surface area contributed by atoms with Crippen molar-refractivity contribution in [1.29, 1.82) is 0 Å². The van der Waals surface area contributed by atoms with Crippen molar-refractivity contribution in [2.75, 3.05) is 5.75 Å². The number of thioether (sulfide) groups is 1. The molecular weight excluding hydrogens is 400 g/mol. The molecule has 1 unspecified atom stereocenters. The van der Waals surface area contributed by atoms with E-state index in [4.69, 9.17) is 9.97 Å². The molecule has 29 heavy (non-hydrogen) atoms. The van der Waals surface area contributed by atoms with Gasteiger partial charge in [-0.25, -0.2) is 9.97 Å². The highest BCUT2D eigenvalue weighted by atomic mass is 32.2. The van der Waals surface area contributed by atoms with E-state index in [0.717, 1.165) is 52.2 Å². The van der Waals surface area contributed by atoms with Crippen molar-refractivity contribution in [2.24, 2.45) is 23.7 Å². The summed E-state index contributed by atoms with van der Waals surface area (Å²) in [5, 5.41) is 11.4. The Morgan fingerprint density at radius 2 is 1.86 bits per heavy atom. The number of aliphatic carboxylic acids is 1. The van der Waals surface area contributed by atoms with Gasteiger partial charge in [0.25, 0.3) is 0 Å². The number of rotatable bonds is 4. The van der Waals surface area contributed by atoms with Crippen LogP contribution in [0.1, 0.15) is 68.1 Å². The summed E-state index contributed by atoms with van der Waals surface area (Å²) in [5.41, 5.74) is 1.56. The fraction of sp³-hybridized carbons (Fsp3) is 0.696. The van der Waals surface area contributed by atoms with Crippen LogP contribution in [0.4, 0.5) is 0 Å². The molecule has 1 N–H and O–H groups in total. The van der Waals surface area contributed by atoms with E-state index in [2.05, 4.69) is 6.92 Å². The molecule has 0 spiro atoms. The molecule has 4 bridgehead atoms. The lowest BCUT2D eigenvalue weighted by molar-refractivity contribution is -0.133. The number of hydrogen-bond donors (Lipinski definition) is 1. The van der Waals surface area contributed by atoms with E-state index in [-0.39, 0.29) is 11.2 Å². The zero-order valence-corrected chi connectivity index (χ0v) is 18.6. The summed E-state index contributed by atoms with van der Waals surface area (Å²) >= 11 is 3.27. The largest absolute Gasteiger partial charge is 0.481 e. The number of carboxylic acid groups (broad SMARTS) is 1. The van der Waals surface area contributed by atoms with E-state index in [1.54, 1.807) is 0 Å². The van der Waals surface area contributed by atoms with Gasteiger partial charge in [0, 0.05) is 15.7 Å². The number of aryl methyl sites for hydroxylation is 1. The topological polar surface area (TPSA) is 63.1 Å². The van der Waals surface area contributed by atoms with Gasteiger partial charge in [-0.15, -0.1) is 11.3 Å². The van der Waals surface area contributed by atoms with E-state index < -0.39 is 5.97 Å². The monoisotopic (exact) mass is 428 g/mol. The molecule has 0 aromatic carbocycles. The van der Waals surface area contributed by atoms with Gasteiger partial charge in [-0.2, -0.15) is 0 Å². The van der Waals surface area contributed by atoms with Crippen LogP contribution >= 0.6 is 23.1 Å². The molecule has 2 aromatic rings. The molecule has 0 amide bonds. The Kier molecular flexibility index (Phi) is 4.29. The van der Waals surface area contributed by atoms with Crippen molar-refractivity contribution >= 4 is 39.3 Å². The maximum atomic E-state index is 11.3. The van der Waals surface area contributed by atoms with Gasteiger partial charge in [-0.3, -0.25) is 4.79 Å². The quantitative estimate of drug-likeness (QED) is 0.517. The van der Waals surface area contributed by atoms with Crippen molar-refractivity contribution in [3.63, 3.8) is 0 Å². The lowest BCUT2D eigenvalue weighted by atomic mass is 9.49. The van der Waals surface area contributed by atoms with Crippen molar-refractivity contribution in [1.82, 2.24) is 9.97 Å². The lowest BCUT2D eigenvalue weighted by Gasteiger charge is -2.56. The Balaban J connectivity index is 1.48.